The van der Waals surface area contributed by atoms with Gasteiger partial charge < -0.3 is 14.4 Å². The lowest BCUT2D eigenvalue weighted by Crippen LogP contribution is -2.22. The van der Waals surface area contributed by atoms with E-state index in [1.54, 1.807) is 19.2 Å². The molecule has 2 aromatic rings. The number of carbonyl (C=O) groups is 1. The molecule has 0 aliphatic heterocycles. The Labute approximate surface area is 124 Å². The van der Waals surface area contributed by atoms with Crippen molar-refractivity contribution in [3.8, 4) is 0 Å². The Morgan fingerprint density at radius 1 is 1.43 bits per heavy atom. The second kappa shape index (κ2) is 6.26. The number of aromatic carboxylic acids is 1. The Morgan fingerprint density at radius 2 is 2.14 bits per heavy atom. The van der Waals surface area contributed by atoms with E-state index in [1.807, 2.05) is 13.0 Å². The molecule has 1 unspecified atom stereocenters. The fourth-order valence-corrected chi connectivity index (χ4v) is 2.69. The van der Waals surface area contributed by atoms with Crippen molar-refractivity contribution < 1.29 is 14.6 Å². The SMILES string of the molecule is CCc1nc2c(C(=O)O)cccc2n1C(COC)C(C)C. The van der Waals surface area contributed by atoms with Gasteiger partial charge in [0.25, 0.3) is 0 Å². The minimum Gasteiger partial charge on any atom is -0.478 e. The second-order valence-corrected chi connectivity index (χ2v) is 5.50. The van der Waals surface area contributed by atoms with Gasteiger partial charge in [0, 0.05) is 13.5 Å². The number of methoxy groups -OCH3 is 1. The van der Waals surface area contributed by atoms with Crippen LogP contribution < -0.4 is 0 Å². The Bertz CT molecular complexity index is 646. The smallest absolute Gasteiger partial charge is 0.337 e. The van der Waals surface area contributed by atoms with Crippen molar-refractivity contribution in [3.05, 3.63) is 29.6 Å². The minimum absolute atomic E-state index is 0.138. The summed E-state index contributed by atoms with van der Waals surface area (Å²) in [6.45, 7) is 6.88. The summed E-state index contributed by atoms with van der Waals surface area (Å²) in [5.41, 5.74) is 1.67. The van der Waals surface area contributed by atoms with Crippen LogP contribution in [0.5, 0.6) is 0 Å². The zero-order valence-corrected chi connectivity index (χ0v) is 13.0. The van der Waals surface area contributed by atoms with Crippen LogP contribution in [0.25, 0.3) is 11.0 Å². The summed E-state index contributed by atoms with van der Waals surface area (Å²) in [4.78, 5) is 15.9. The summed E-state index contributed by atoms with van der Waals surface area (Å²) in [6, 6.07) is 5.44. The molecule has 1 aromatic heterocycles. The van der Waals surface area contributed by atoms with Crippen molar-refractivity contribution in [2.24, 2.45) is 5.92 Å². The molecule has 1 atom stereocenters. The Kier molecular flexibility index (Phi) is 4.63. The van der Waals surface area contributed by atoms with E-state index >= 15 is 0 Å². The van der Waals surface area contributed by atoms with Crippen LogP contribution >= 0.6 is 0 Å². The van der Waals surface area contributed by atoms with Gasteiger partial charge in [-0.3, -0.25) is 0 Å². The highest BCUT2D eigenvalue weighted by Crippen LogP contribution is 2.28. The number of carboxylic acid groups (broad SMARTS) is 1. The molecule has 0 radical (unpaired) electrons. The summed E-state index contributed by atoms with van der Waals surface area (Å²) in [7, 11) is 1.68. The maximum atomic E-state index is 11.4. The van der Waals surface area contributed by atoms with Gasteiger partial charge in [0.15, 0.2) is 0 Å². The van der Waals surface area contributed by atoms with Gasteiger partial charge in [0.05, 0.1) is 23.7 Å². The molecular formula is C16H22N2O3. The standard InChI is InChI=1S/C16H22N2O3/c1-5-14-17-15-11(16(19)20)7-6-8-12(15)18(14)13(9-21-4)10(2)3/h6-8,10,13H,5,9H2,1-4H3,(H,19,20). The van der Waals surface area contributed by atoms with Crippen molar-refractivity contribution in [1.29, 1.82) is 0 Å². The summed E-state index contributed by atoms with van der Waals surface area (Å²) < 4.78 is 7.49. The molecule has 0 saturated carbocycles. The molecule has 0 fully saturated rings. The van der Waals surface area contributed by atoms with Gasteiger partial charge in [0.1, 0.15) is 11.3 Å². The van der Waals surface area contributed by atoms with Crippen LogP contribution in [0.2, 0.25) is 0 Å². The first-order chi connectivity index (χ1) is 10.0. The maximum Gasteiger partial charge on any atom is 0.337 e. The third kappa shape index (κ3) is 2.78. The first-order valence-electron chi connectivity index (χ1n) is 7.23. The molecule has 1 aromatic carbocycles. The monoisotopic (exact) mass is 290 g/mol. The summed E-state index contributed by atoms with van der Waals surface area (Å²) in [5, 5.41) is 9.33. The zero-order chi connectivity index (χ0) is 15.6. The van der Waals surface area contributed by atoms with E-state index in [9.17, 15) is 9.90 Å². The molecule has 21 heavy (non-hydrogen) atoms. The molecule has 5 nitrogen and oxygen atoms in total. The van der Waals surface area contributed by atoms with Gasteiger partial charge in [-0.25, -0.2) is 9.78 Å². The quantitative estimate of drug-likeness (QED) is 0.887. The van der Waals surface area contributed by atoms with E-state index in [-0.39, 0.29) is 11.6 Å². The Balaban J connectivity index is 2.72. The number of para-hydroxylation sites is 1. The van der Waals surface area contributed by atoms with Gasteiger partial charge in [-0.2, -0.15) is 0 Å². The number of hydrogen-bond acceptors (Lipinski definition) is 3. The topological polar surface area (TPSA) is 64.3 Å². The van der Waals surface area contributed by atoms with Crippen molar-refractivity contribution in [3.63, 3.8) is 0 Å². The van der Waals surface area contributed by atoms with E-state index in [0.29, 0.717) is 18.0 Å². The minimum atomic E-state index is -0.944. The first kappa shape index (κ1) is 15.5. The number of aryl methyl sites for hydroxylation is 1. The fourth-order valence-electron chi connectivity index (χ4n) is 2.69. The predicted octanol–water partition coefficient (Wildman–Crippen LogP) is 3.14. The van der Waals surface area contributed by atoms with Crippen molar-refractivity contribution >= 4 is 17.0 Å². The van der Waals surface area contributed by atoms with Crippen molar-refractivity contribution in [2.75, 3.05) is 13.7 Å². The third-order valence-electron chi connectivity index (χ3n) is 3.78. The highest BCUT2D eigenvalue weighted by atomic mass is 16.5. The van der Waals surface area contributed by atoms with E-state index in [4.69, 9.17) is 4.74 Å². The van der Waals surface area contributed by atoms with Gasteiger partial charge in [-0.1, -0.05) is 26.8 Å². The molecular weight excluding hydrogens is 268 g/mol. The molecule has 5 heteroatoms. The van der Waals surface area contributed by atoms with Crippen LogP contribution in [0.4, 0.5) is 0 Å². The number of imidazole rings is 1. The normalized spacial score (nSPS) is 13.0. The Hall–Kier alpha value is -1.88. The summed E-state index contributed by atoms with van der Waals surface area (Å²) in [5.74, 6) is 0.316. The molecule has 0 aliphatic carbocycles. The van der Waals surface area contributed by atoms with Crippen LogP contribution in [0.1, 0.15) is 43.0 Å². The van der Waals surface area contributed by atoms with E-state index < -0.39 is 5.97 Å². The summed E-state index contributed by atoms with van der Waals surface area (Å²) >= 11 is 0. The second-order valence-electron chi connectivity index (χ2n) is 5.50. The van der Waals surface area contributed by atoms with Crippen LogP contribution in [0.3, 0.4) is 0 Å². The number of benzene rings is 1. The predicted molar refractivity (Wildman–Crippen MR) is 81.8 cm³/mol. The average Bonchev–Trinajstić information content (AvgIpc) is 2.82. The molecule has 2 rings (SSSR count). The number of ether oxygens (including phenoxy) is 1. The lowest BCUT2D eigenvalue weighted by Gasteiger charge is -2.24. The Morgan fingerprint density at radius 3 is 2.67 bits per heavy atom. The fraction of sp³-hybridized carbons (Fsp3) is 0.500. The van der Waals surface area contributed by atoms with Gasteiger partial charge in [0.2, 0.25) is 0 Å². The molecule has 0 saturated heterocycles. The van der Waals surface area contributed by atoms with E-state index in [0.717, 1.165) is 17.8 Å². The zero-order valence-electron chi connectivity index (χ0n) is 13.0. The average molecular weight is 290 g/mol. The molecule has 0 bridgehead atoms. The van der Waals surface area contributed by atoms with Gasteiger partial charge in [-0.15, -0.1) is 0 Å². The van der Waals surface area contributed by atoms with Gasteiger partial charge in [-0.05, 0) is 18.1 Å². The number of aromatic nitrogens is 2. The van der Waals surface area contributed by atoms with Crippen LogP contribution in [0.15, 0.2) is 18.2 Å². The number of hydrogen-bond donors (Lipinski definition) is 1. The number of rotatable bonds is 6. The number of carboxylic acids is 1. The van der Waals surface area contributed by atoms with Crippen LogP contribution in [0, 0.1) is 5.92 Å². The van der Waals surface area contributed by atoms with Crippen LogP contribution in [-0.2, 0) is 11.2 Å². The maximum absolute atomic E-state index is 11.4. The van der Waals surface area contributed by atoms with Crippen LogP contribution in [-0.4, -0.2) is 34.3 Å². The van der Waals surface area contributed by atoms with Crippen molar-refractivity contribution in [2.45, 2.75) is 33.2 Å². The van der Waals surface area contributed by atoms with E-state index in [1.165, 1.54) is 0 Å². The third-order valence-corrected chi connectivity index (χ3v) is 3.78. The largest absolute Gasteiger partial charge is 0.478 e. The lowest BCUT2D eigenvalue weighted by atomic mass is 10.0. The number of fused-ring (bicyclic) bond motifs is 1. The number of nitrogens with zero attached hydrogens (tertiary/aromatic N) is 2. The molecule has 1 N–H and O–H groups in total. The summed E-state index contributed by atoms with van der Waals surface area (Å²) in [6.07, 6.45) is 0.751. The molecule has 114 valence electrons. The highest BCUT2D eigenvalue weighted by Gasteiger charge is 2.23. The first-order valence-corrected chi connectivity index (χ1v) is 7.23. The molecule has 0 spiro atoms. The molecule has 0 aliphatic rings. The van der Waals surface area contributed by atoms with Crippen molar-refractivity contribution in [1.82, 2.24) is 9.55 Å². The highest BCUT2D eigenvalue weighted by molar-refractivity contribution is 6.01. The van der Waals surface area contributed by atoms with Gasteiger partial charge >= 0.3 is 5.97 Å². The molecule has 0 amide bonds. The molecule has 1 heterocycles. The lowest BCUT2D eigenvalue weighted by molar-refractivity contribution is 0.0699. The van der Waals surface area contributed by atoms with E-state index in [2.05, 4.69) is 23.4 Å².